The molecule has 3 rings (SSSR count). The summed E-state index contributed by atoms with van der Waals surface area (Å²) in [5.74, 6) is -0.391. The molecule has 0 aliphatic heterocycles. The smallest absolute Gasteiger partial charge is 0.232 e. The molecule has 27 heavy (non-hydrogen) atoms. The number of hydrogen-bond acceptors (Lipinski definition) is 3. The van der Waals surface area contributed by atoms with Gasteiger partial charge in [-0.3, -0.25) is 4.79 Å². The van der Waals surface area contributed by atoms with Gasteiger partial charge in [0.25, 0.3) is 0 Å². The monoisotopic (exact) mass is 374 g/mol. The fraction of sp³-hybridized carbons (Fsp3) is 0.217. The normalized spacial score (nSPS) is 11.6. The Balaban J connectivity index is 1.91. The van der Waals surface area contributed by atoms with E-state index in [4.69, 9.17) is 0 Å². The van der Waals surface area contributed by atoms with Gasteiger partial charge in [-0.2, -0.15) is 5.26 Å². The van der Waals surface area contributed by atoms with E-state index < -0.39 is 0 Å². The molecule has 3 aromatic rings. The Hall–Kier alpha value is -2.90. The van der Waals surface area contributed by atoms with Crippen molar-refractivity contribution in [3.63, 3.8) is 0 Å². The van der Waals surface area contributed by atoms with E-state index in [1.54, 1.807) is 0 Å². The van der Waals surface area contributed by atoms with Gasteiger partial charge in [0.1, 0.15) is 11.1 Å². The standard InChI is InChI=1S/C23H22N2OS/c1-3-21-16(2)20(15-24)23(27-21)25-22(26)19(18-12-8-5-9-13-18)14-17-10-6-4-7-11-17/h4-13,19H,3,14H2,1-2H3,(H,25,26). The van der Waals surface area contributed by atoms with Crippen molar-refractivity contribution in [1.82, 2.24) is 0 Å². The molecule has 0 aliphatic rings. The maximum Gasteiger partial charge on any atom is 0.232 e. The Bertz CT molecular complexity index is 955. The van der Waals surface area contributed by atoms with Gasteiger partial charge in [0.2, 0.25) is 5.91 Å². The third-order valence-electron chi connectivity index (χ3n) is 4.72. The number of amides is 1. The van der Waals surface area contributed by atoms with Gasteiger partial charge >= 0.3 is 0 Å². The SMILES string of the molecule is CCc1sc(NC(=O)C(Cc2ccccc2)c2ccccc2)c(C#N)c1C. The Labute approximate surface area is 164 Å². The number of carbonyl (C=O) groups excluding carboxylic acids is 1. The van der Waals surface area contributed by atoms with Crippen LogP contribution in [-0.4, -0.2) is 5.91 Å². The first-order valence-corrected chi connectivity index (χ1v) is 9.87. The van der Waals surface area contributed by atoms with E-state index in [0.29, 0.717) is 17.0 Å². The predicted molar refractivity (Wildman–Crippen MR) is 111 cm³/mol. The molecule has 0 radical (unpaired) electrons. The molecule has 0 saturated carbocycles. The van der Waals surface area contributed by atoms with Gasteiger partial charge in [0.05, 0.1) is 11.5 Å². The Morgan fingerprint density at radius 3 is 2.33 bits per heavy atom. The summed E-state index contributed by atoms with van der Waals surface area (Å²) in [6.45, 7) is 4.01. The number of hydrogen-bond donors (Lipinski definition) is 1. The lowest BCUT2D eigenvalue weighted by Crippen LogP contribution is -2.23. The number of rotatable bonds is 6. The van der Waals surface area contributed by atoms with Crippen molar-refractivity contribution >= 4 is 22.2 Å². The van der Waals surface area contributed by atoms with Crippen LogP contribution >= 0.6 is 11.3 Å². The summed E-state index contributed by atoms with van der Waals surface area (Å²) in [5, 5.41) is 13.2. The molecule has 3 nitrogen and oxygen atoms in total. The number of aryl methyl sites for hydroxylation is 1. The minimum atomic E-state index is -0.312. The Morgan fingerprint density at radius 2 is 1.74 bits per heavy atom. The minimum absolute atomic E-state index is 0.0783. The maximum absolute atomic E-state index is 13.2. The zero-order valence-electron chi connectivity index (χ0n) is 15.5. The molecule has 1 amide bonds. The summed E-state index contributed by atoms with van der Waals surface area (Å²) in [6.07, 6.45) is 1.47. The zero-order chi connectivity index (χ0) is 19.2. The zero-order valence-corrected chi connectivity index (χ0v) is 16.3. The van der Waals surface area contributed by atoms with Crippen molar-refractivity contribution in [2.45, 2.75) is 32.6 Å². The van der Waals surface area contributed by atoms with Gasteiger partial charge in [-0.1, -0.05) is 67.6 Å². The van der Waals surface area contributed by atoms with Crippen LogP contribution < -0.4 is 5.32 Å². The highest BCUT2D eigenvalue weighted by atomic mass is 32.1. The van der Waals surface area contributed by atoms with Crippen LogP contribution in [0.4, 0.5) is 5.00 Å². The second-order valence-electron chi connectivity index (χ2n) is 6.46. The molecule has 0 bridgehead atoms. The van der Waals surface area contributed by atoms with Crippen LogP contribution in [0.2, 0.25) is 0 Å². The molecular weight excluding hydrogens is 352 g/mol. The summed E-state index contributed by atoms with van der Waals surface area (Å²) < 4.78 is 0. The summed E-state index contributed by atoms with van der Waals surface area (Å²) in [7, 11) is 0. The van der Waals surface area contributed by atoms with E-state index >= 15 is 0 Å². The van der Waals surface area contributed by atoms with Crippen LogP contribution in [0.15, 0.2) is 60.7 Å². The molecule has 0 saturated heterocycles. The quantitative estimate of drug-likeness (QED) is 0.623. The van der Waals surface area contributed by atoms with Crippen molar-refractivity contribution in [3.05, 3.63) is 87.8 Å². The van der Waals surface area contributed by atoms with Crippen molar-refractivity contribution in [3.8, 4) is 6.07 Å². The van der Waals surface area contributed by atoms with Gasteiger partial charge in [0, 0.05) is 4.88 Å². The topological polar surface area (TPSA) is 52.9 Å². The van der Waals surface area contributed by atoms with Crippen LogP contribution in [0.3, 0.4) is 0 Å². The summed E-state index contributed by atoms with van der Waals surface area (Å²) in [6, 6.07) is 22.1. The van der Waals surface area contributed by atoms with Crippen LogP contribution in [0, 0.1) is 18.3 Å². The maximum atomic E-state index is 13.2. The molecule has 1 N–H and O–H groups in total. The van der Waals surface area contributed by atoms with E-state index in [1.165, 1.54) is 11.3 Å². The molecule has 0 spiro atoms. The van der Waals surface area contributed by atoms with Crippen LogP contribution in [0.25, 0.3) is 0 Å². The first-order chi connectivity index (χ1) is 13.1. The third-order valence-corrected chi connectivity index (χ3v) is 6.07. The van der Waals surface area contributed by atoms with Gasteiger partial charge < -0.3 is 5.32 Å². The molecule has 1 heterocycles. The predicted octanol–water partition coefficient (Wildman–Crippen LogP) is 5.46. The number of anilines is 1. The second kappa shape index (κ2) is 8.66. The van der Waals surface area contributed by atoms with Crippen molar-refractivity contribution in [2.24, 2.45) is 0 Å². The van der Waals surface area contributed by atoms with Crippen molar-refractivity contribution in [2.75, 3.05) is 5.32 Å². The molecular formula is C23H22N2OS. The minimum Gasteiger partial charge on any atom is -0.316 e. The van der Waals surface area contributed by atoms with Crippen LogP contribution in [-0.2, 0) is 17.6 Å². The third kappa shape index (κ3) is 4.27. The van der Waals surface area contributed by atoms with Gasteiger partial charge in [0.15, 0.2) is 0 Å². The fourth-order valence-electron chi connectivity index (χ4n) is 3.22. The highest BCUT2D eigenvalue weighted by Gasteiger charge is 2.24. The number of benzene rings is 2. The number of nitriles is 1. The molecule has 0 aliphatic carbocycles. The number of nitrogens with zero attached hydrogens (tertiary/aromatic N) is 1. The van der Waals surface area contributed by atoms with E-state index in [2.05, 4.69) is 18.3 Å². The van der Waals surface area contributed by atoms with Gasteiger partial charge in [-0.05, 0) is 36.5 Å². The summed E-state index contributed by atoms with van der Waals surface area (Å²) in [4.78, 5) is 14.3. The van der Waals surface area contributed by atoms with Gasteiger partial charge in [-0.15, -0.1) is 11.3 Å². The molecule has 1 aromatic heterocycles. The average molecular weight is 375 g/mol. The first-order valence-electron chi connectivity index (χ1n) is 9.06. The van der Waals surface area contributed by atoms with Crippen molar-refractivity contribution in [1.29, 1.82) is 5.26 Å². The molecule has 4 heteroatoms. The largest absolute Gasteiger partial charge is 0.316 e. The lowest BCUT2D eigenvalue weighted by molar-refractivity contribution is -0.117. The van der Waals surface area contributed by atoms with Crippen LogP contribution in [0.1, 0.15) is 40.0 Å². The Morgan fingerprint density at radius 1 is 1.11 bits per heavy atom. The van der Waals surface area contributed by atoms with Crippen LogP contribution in [0.5, 0.6) is 0 Å². The summed E-state index contributed by atoms with van der Waals surface area (Å²) in [5.41, 5.74) is 3.64. The second-order valence-corrected chi connectivity index (χ2v) is 7.57. The van der Waals surface area contributed by atoms with E-state index in [9.17, 15) is 10.1 Å². The summed E-state index contributed by atoms with van der Waals surface area (Å²) >= 11 is 1.50. The number of thiophene rings is 1. The Kier molecular flexibility index (Phi) is 6.05. The number of nitrogens with one attached hydrogen (secondary N) is 1. The molecule has 136 valence electrons. The molecule has 1 atom stereocenters. The van der Waals surface area contributed by atoms with E-state index in [0.717, 1.165) is 28.0 Å². The van der Waals surface area contributed by atoms with E-state index in [-0.39, 0.29) is 11.8 Å². The molecule has 0 fully saturated rings. The van der Waals surface area contributed by atoms with Crippen molar-refractivity contribution < 1.29 is 4.79 Å². The first kappa shape index (κ1) is 18.9. The van der Waals surface area contributed by atoms with E-state index in [1.807, 2.05) is 67.6 Å². The average Bonchev–Trinajstić information content (AvgIpc) is 3.01. The molecule has 2 aromatic carbocycles. The molecule has 1 unspecified atom stereocenters. The lowest BCUT2D eigenvalue weighted by atomic mass is 9.91. The lowest BCUT2D eigenvalue weighted by Gasteiger charge is -2.17. The van der Waals surface area contributed by atoms with Gasteiger partial charge in [-0.25, -0.2) is 0 Å². The highest BCUT2D eigenvalue weighted by molar-refractivity contribution is 7.16. The number of carbonyl (C=O) groups is 1. The highest BCUT2D eigenvalue weighted by Crippen LogP contribution is 2.34. The fourth-order valence-corrected chi connectivity index (χ4v) is 4.31.